The molecule has 0 aliphatic carbocycles. The highest BCUT2D eigenvalue weighted by Crippen LogP contribution is 2.27. The SMILES string of the molecule is COc1ccc(CCn2cnnc2CO)cc1OC. The quantitative estimate of drug-likeness (QED) is 0.843. The van der Waals surface area contributed by atoms with Crippen molar-refractivity contribution in [1.29, 1.82) is 0 Å². The average molecular weight is 263 g/mol. The second-order valence-electron chi connectivity index (χ2n) is 4.04. The minimum Gasteiger partial charge on any atom is -0.493 e. The highest BCUT2D eigenvalue weighted by Gasteiger charge is 2.06. The topological polar surface area (TPSA) is 69.4 Å². The van der Waals surface area contributed by atoms with Crippen LogP contribution in [0.1, 0.15) is 11.4 Å². The summed E-state index contributed by atoms with van der Waals surface area (Å²) >= 11 is 0. The van der Waals surface area contributed by atoms with Crippen LogP contribution in [0.3, 0.4) is 0 Å². The Morgan fingerprint density at radius 3 is 2.68 bits per heavy atom. The summed E-state index contributed by atoms with van der Waals surface area (Å²) in [7, 11) is 3.23. The van der Waals surface area contributed by atoms with Gasteiger partial charge in [-0.1, -0.05) is 6.07 Å². The van der Waals surface area contributed by atoms with Crippen LogP contribution in [-0.4, -0.2) is 34.1 Å². The molecule has 6 nitrogen and oxygen atoms in total. The van der Waals surface area contributed by atoms with Crippen molar-refractivity contribution < 1.29 is 14.6 Å². The van der Waals surface area contributed by atoms with Crippen LogP contribution >= 0.6 is 0 Å². The van der Waals surface area contributed by atoms with E-state index < -0.39 is 0 Å². The number of benzene rings is 1. The third-order valence-corrected chi connectivity index (χ3v) is 2.93. The summed E-state index contributed by atoms with van der Waals surface area (Å²) in [6.07, 6.45) is 2.41. The van der Waals surface area contributed by atoms with Gasteiger partial charge in [0.05, 0.1) is 14.2 Å². The van der Waals surface area contributed by atoms with E-state index in [2.05, 4.69) is 10.2 Å². The Morgan fingerprint density at radius 2 is 2.00 bits per heavy atom. The average Bonchev–Trinajstić information content (AvgIpc) is 2.92. The van der Waals surface area contributed by atoms with E-state index in [0.717, 1.165) is 12.0 Å². The number of aromatic nitrogens is 3. The molecule has 0 amide bonds. The summed E-state index contributed by atoms with van der Waals surface area (Å²) in [4.78, 5) is 0. The summed E-state index contributed by atoms with van der Waals surface area (Å²) in [5.74, 6) is 2.00. The molecule has 0 aliphatic heterocycles. The molecule has 102 valence electrons. The summed E-state index contributed by atoms with van der Waals surface area (Å²) < 4.78 is 12.3. The number of methoxy groups -OCH3 is 2. The molecule has 0 fully saturated rings. The summed E-state index contributed by atoms with van der Waals surface area (Å²) in [5.41, 5.74) is 1.12. The van der Waals surface area contributed by atoms with E-state index in [4.69, 9.17) is 14.6 Å². The third kappa shape index (κ3) is 3.03. The first-order valence-electron chi connectivity index (χ1n) is 5.97. The number of aryl methyl sites for hydroxylation is 2. The molecule has 0 atom stereocenters. The molecule has 1 aromatic carbocycles. The van der Waals surface area contributed by atoms with Crippen molar-refractivity contribution in [2.45, 2.75) is 19.6 Å². The largest absolute Gasteiger partial charge is 0.493 e. The van der Waals surface area contributed by atoms with Crippen LogP contribution in [0.2, 0.25) is 0 Å². The molecule has 0 spiro atoms. The normalized spacial score (nSPS) is 10.5. The molecule has 2 aromatic rings. The first kappa shape index (κ1) is 13.4. The van der Waals surface area contributed by atoms with Crippen molar-refractivity contribution in [2.24, 2.45) is 0 Å². The second kappa shape index (κ2) is 6.19. The molecule has 1 heterocycles. The van der Waals surface area contributed by atoms with Gasteiger partial charge in [-0.25, -0.2) is 0 Å². The Kier molecular flexibility index (Phi) is 4.35. The molecule has 0 unspecified atom stereocenters. The maximum Gasteiger partial charge on any atom is 0.160 e. The lowest BCUT2D eigenvalue weighted by atomic mass is 10.1. The van der Waals surface area contributed by atoms with Crippen molar-refractivity contribution in [3.8, 4) is 11.5 Å². The van der Waals surface area contributed by atoms with E-state index in [0.29, 0.717) is 23.9 Å². The fraction of sp³-hybridized carbons (Fsp3) is 0.385. The van der Waals surface area contributed by atoms with E-state index >= 15 is 0 Å². The minimum absolute atomic E-state index is 0.105. The molecule has 0 saturated heterocycles. The van der Waals surface area contributed by atoms with Crippen LogP contribution in [0.4, 0.5) is 0 Å². The van der Waals surface area contributed by atoms with Gasteiger partial charge in [-0.2, -0.15) is 0 Å². The Hall–Kier alpha value is -2.08. The number of aliphatic hydroxyl groups excluding tert-OH is 1. The Balaban J connectivity index is 2.07. The van der Waals surface area contributed by atoms with E-state index in [1.807, 2.05) is 22.8 Å². The van der Waals surface area contributed by atoms with Crippen molar-refractivity contribution in [1.82, 2.24) is 14.8 Å². The highest BCUT2D eigenvalue weighted by molar-refractivity contribution is 5.42. The molecule has 6 heteroatoms. The fourth-order valence-corrected chi connectivity index (χ4v) is 1.87. The van der Waals surface area contributed by atoms with E-state index in [1.54, 1.807) is 20.5 Å². The zero-order valence-corrected chi connectivity index (χ0v) is 11.0. The van der Waals surface area contributed by atoms with Crippen molar-refractivity contribution in [3.63, 3.8) is 0 Å². The van der Waals surface area contributed by atoms with Gasteiger partial charge >= 0.3 is 0 Å². The molecule has 19 heavy (non-hydrogen) atoms. The van der Waals surface area contributed by atoms with Gasteiger partial charge in [0.15, 0.2) is 17.3 Å². The Bertz CT molecular complexity index is 540. The lowest BCUT2D eigenvalue weighted by Gasteiger charge is -2.10. The smallest absolute Gasteiger partial charge is 0.160 e. The molecular weight excluding hydrogens is 246 g/mol. The van der Waals surface area contributed by atoms with Gasteiger partial charge in [0, 0.05) is 6.54 Å². The van der Waals surface area contributed by atoms with Crippen LogP contribution in [0.15, 0.2) is 24.5 Å². The monoisotopic (exact) mass is 263 g/mol. The second-order valence-corrected chi connectivity index (χ2v) is 4.04. The van der Waals surface area contributed by atoms with Crippen LogP contribution in [-0.2, 0) is 19.6 Å². The van der Waals surface area contributed by atoms with Gasteiger partial charge in [-0.3, -0.25) is 0 Å². The third-order valence-electron chi connectivity index (χ3n) is 2.93. The van der Waals surface area contributed by atoms with E-state index in [1.165, 1.54) is 0 Å². The van der Waals surface area contributed by atoms with E-state index in [9.17, 15) is 0 Å². The first-order valence-corrected chi connectivity index (χ1v) is 5.97. The summed E-state index contributed by atoms with van der Waals surface area (Å²) in [6, 6.07) is 5.82. The number of rotatable bonds is 6. The number of nitrogens with zero attached hydrogens (tertiary/aromatic N) is 3. The summed E-state index contributed by atoms with van der Waals surface area (Å²) in [6.45, 7) is 0.601. The lowest BCUT2D eigenvalue weighted by Crippen LogP contribution is -2.05. The van der Waals surface area contributed by atoms with Gasteiger partial charge in [0.2, 0.25) is 0 Å². The first-order chi connectivity index (χ1) is 9.28. The van der Waals surface area contributed by atoms with Crippen LogP contribution in [0.5, 0.6) is 11.5 Å². The zero-order valence-electron chi connectivity index (χ0n) is 11.0. The van der Waals surface area contributed by atoms with Gasteiger partial charge in [-0.05, 0) is 24.1 Å². The zero-order chi connectivity index (χ0) is 13.7. The molecule has 0 radical (unpaired) electrons. The summed E-state index contributed by atoms with van der Waals surface area (Å²) in [5, 5.41) is 16.7. The van der Waals surface area contributed by atoms with Crippen LogP contribution in [0.25, 0.3) is 0 Å². The van der Waals surface area contributed by atoms with Crippen LogP contribution < -0.4 is 9.47 Å². The molecule has 0 saturated carbocycles. The maximum atomic E-state index is 9.10. The number of hydrogen-bond donors (Lipinski definition) is 1. The van der Waals surface area contributed by atoms with Gasteiger partial charge < -0.3 is 19.1 Å². The fourth-order valence-electron chi connectivity index (χ4n) is 1.87. The maximum absolute atomic E-state index is 9.10. The van der Waals surface area contributed by atoms with Crippen LogP contribution in [0, 0.1) is 0 Å². The molecule has 1 aromatic heterocycles. The Morgan fingerprint density at radius 1 is 1.21 bits per heavy atom. The lowest BCUT2D eigenvalue weighted by molar-refractivity contribution is 0.264. The van der Waals surface area contributed by atoms with Crippen molar-refractivity contribution in [2.75, 3.05) is 14.2 Å². The predicted octanol–water partition coefficient (Wildman–Crippen LogP) is 1.03. The minimum atomic E-state index is -0.105. The number of hydrogen-bond acceptors (Lipinski definition) is 5. The standard InChI is InChI=1S/C13H17N3O3/c1-18-11-4-3-10(7-12(11)19-2)5-6-16-9-14-15-13(16)8-17/h3-4,7,9,17H,5-6,8H2,1-2H3. The van der Waals surface area contributed by atoms with Gasteiger partial charge in [0.25, 0.3) is 0 Å². The van der Waals surface area contributed by atoms with Crippen molar-refractivity contribution in [3.05, 3.63) is 35.9 Å². The molecular formula is C13H17N3O3. The highest BCUT2D eigenvalue weighted by atomic mass is 16.5. The van der Waals surface area contributed by atoms with E-state index in [-0.39, 0.29) is 6.61 Å². The number of ether oxygens (including phenoxy) is 2. The predicted molar refractivity (Wildman–Crippen MR) is 69.2 cm³/mol. The molecule has 0 aliphatic rings. The Labute approximate surface area is 111 Å². The molecule has 0 bridgehead atoms. The van der Waals surface area contributed by atoms with Gasteiger partial charge in [0.1, 0.15) is 12.9 Å². The molecule has 2 rings (SSSR count). The van der Waals surface area contributed by atoms with Crippen molar-refractivity contribution >= 4 is 0 Å². The number of aliphatic hydroxyl groups is 1. The molecule has 1 N–H and O–H groups in total. The van der Waals surface area contributed by atoms with Gasteiger partial charge in [-0.15, -0.1) is 10.2 Å².